The van der Waals surface area contributed by atoms with Crippen molar-refractivity contribution in [3.8, 4) is 5.75 Å². The maximum Gasteiger partial charge on any atom is 0.331 e. The number of ether oxygens (including phenoxy) is 1. The molecular formula is C22H24N2O6S. The van der Waals surface area contributed by atoms with Gasteiger partial charge < -0.3 is 19.6 Å². The third-order valence-corrected chi connectivity index (χ3v) is 5.10. The number of oxime groups is 1. The van der Waals surface area contributed by atoms with Crippen molar-refractivity contribution in [3.63, 3.8) is 0 Å². The average molecular weight is 445 g/mol. The number of aliphatic hydroxyl groups excluding tert-OH is 1. The summed E-state index contributed by atoms with van der Waals surface area (Å²) in [6, 6.07) is 12.5. The second-order valence-corrected chi connectivity index (χ2v) is 7.64. The molecule has 8 nitrogen and oxygen atoms in total. The molecule has 0 unspecified atom stereocenters. The van der Waals surface area contributed by atoms with E-state index in [2.05, 4.69) is 9.99 Å². The molecule has 2 rings (SSSR count). The maximum absolute atomic E-state index is 12.8. The lowest BCUT2D eigenvalue weighted by Crippen LogP contribution is -2.26. The normalized spacial score (nSPS) is 11.1. The van der Waals surface area contributed by atoms with Gasteiger partial charge in [0.15, 0.2) is 0 Å². The van der Waals surface area contributed by atoms with Crippen molar-refractivity contribution >= 4 is 40.8 Å². The second-order valence-electron chi connectivity index (χ2n) is 6.49. The summed E-state index contributed by atoms with van der Waals surface area (Å²) in [5, 5.41) is 12.4. The molecule has 1 N–H and O–H groups in total. The maximum atomic E-state index is 12.8. The minimum atomic E-state index is -0.632. The Kier molecular flexibility index (Phi) is 8.77. The second kappa shape index (κ2) is 11.3. The first-order chi connectivity index (χ1) is 14.7. The predicted octanol–water partition coefficient (Wildman–Crippen LogP) is 3.31. The van der Waals surface area contributed by atoms with Crippen LogP contribution in [0.25, 0.3) is 0 Å². The molecule has 0 saturated heterocycles. The van der Waals surface area contributed by atoms with Crippen molar-refractivity contribution < 1.29 is 29.1 Å². The number of aliphatic hydroxyl groups is 1. The van der Waals surface area contributed by atoms with Crippen LogP contribution in [-0.2, 0) is 14.4 Å². The molecule has 0 aliphatic rings. The summed E-state index contributed by atoms with van der Waals surface area (Å²) in [4.78, 5) is 43.4. The highest BCUT2D eigenvalue weighted by Crippen LogP contribution is 2.33. The Morgan fingerprint density at radius 3 is 2.26 bits per heavy atom. The van der Waals surface area contributed by atoms with Crippen LogP contribution in [0.2, 0.25) is 0 Å². The zero-order chi connectivity index (χ0) is 23.0. The van der Waals surface area contributed by atoms with Crippen LogP contribution in [0, 0.1) is 0 Å². The van der Waals surface area contributed by atoms with E-state index in [9.17, 15) is 14.4 Å². The molecule has 0 heterocycles. The van der Waals surface area contributed by atoms with Crippen molar-refractivity contribution in [2.75, 3.05) is 25.2 Å². The summed E-state index contributed by atoms with van der Waals surface area (Å²) < 4.78 is 5.35. The van der Waals surface area contributed by atoms with Crippen LogP contribution >= 0.6 is 11.8 Å². The van der Waals surface area contributed by atoms with Gasteiger partial charge in [-0.1, -0.05) is 16.9 Å². The fraction of sp³-hybridized carbons (Fsp3) is 0.273. The van der Waals surface area contributed by atoms with Gasteiger partial charge in [0.1, 0.15) is 18.1 Å². The highest BCUT2D eigenvalue weighted by atomic mass is 32.2. The van der Waals surface area contributed by atoms with Crippen molar-refractivity contribution in [1.82, 2.24) is 0 Å². The largest absolute Gasteiger partial charge is 0.491 e. The van der Waals surface area contributed by atoms with Crippen molar-refractivity contribution in [1.29, 1.82) is 0 Å². The molecule has 0 fully saturated rings. The molecule has 0 bridgehead atoms. The summed E-state index contributed by atoms with van der Waals surface area (Å²) >= 11 is 1.45. The fourth-order valence-electron chi connectivity index (χ4n) is 2.49. The highest BCUT2D eigenvalue weighted by molar-refractivity contribution is 7.99. The van der Waals surface area contributed by atoms with Crippen molar-refractivity contribution in [2.45, 2.75) is 30.6 Å². The Morgan fingerprint density at radius 2 is 1.68 bits per heavy atom. The van der Waals surface area contributed by atoms with Gasteiger partial charge in [-0.2, -0.15) is 0 Å². The number of anilines is 1. The van der Waals surface area contributed by atoms with E-state index in [4.69, 9.17) is 9.84 Å². The highest BCUT2D eigenvalue weighted by Gasteiger charge is 2.20. The first kappa shape index (κ1) is 24.1. The number of rotatable bonds is 9. The van der Waals surface area contributed by atoms with Crippen molar-refractivity contribution in [2.24, 2.45) is 5.16 Å². The molecule has 0 spiro atoms. The Morgan fingerprint density at radius 1 is 1.03 bits per heavy atom. The smallest absolute Gasteiger partial charge is 0.331 e. The standard InChI is InChI=1S/C22H24N2O6S/c1-14(23-30-16(3)27)22(28)20-10-9-19(13-21(20)24(4)15(2)26)31-18-7-5-17(6-8-18)29-12-11-25/h5-10,13,25H,11-12H2,1-4H3. The minimum absolute atomic E-state index is 0.00715. The number of carbonyl (C=O) groups is 3. The quantitative estimate of drug-likeness (QED) is 0.274. The van der Waals surface area contributed by atoms with Crippen molar-refractivity contribution in [3.05, 3.63) is 48.0 Å². The van der Waals surface area contributed by atoms with Gasteiger partial charge in [-0.25, -0.2) is 4.79 Å². The van der Waals surface area contributed by atoms with Crippen LogP contribution < -0.4 is 9.64 Å². The Bertz CT molecular complexity index is 988. The summed E-state index contributed by atoms with van der Waals surface area (Å²) in [7, 11) is 1.58. The van der Waals surface area contributed by atoms with Crippen LogP contribution in [0.5, 0.6) is 5.75 Å². The Hall–Kier alpha value is -3.17. The lowest BCUT2D eigenvalue weighted by Gasteiger charge is -2.19. The number of amides is 1. The van der Waals surface area contributed by atoms with E-state index >= 15 is 0 Å². The van der Waals surface area contributed by atoms with Gasteiger partial charge in [-0.05, 0) is 49.4 Å². The van der Waals surface area contributed by atoms with Crippen LogP contribution in [-0.4, -0.2) is 48.7 Å². The van der Waals surface area contributed by atoms with Crippen LogP contribution in [0.1, 0.15) is 31.1 Å². The lowest BCUT2D eigenvalue weighted by molar-refractivity contribution is -0.140. The van der Waals surface area contributed by atoms with Crippen LogP contribution in [0.3, 0.4) is 0 Å². The van der Waals surface area contributed by atoms with Crippen LogP contribution in [0.4, 0.5) is 5.69 Å². The van der Waals surface area contributed by atoms with E-state index in [-0.39, 0.29) is 30.4 Å². The van der Waals surface area contributed by atoms with E-state index in [1.165, 1.54) is 37.4 Å². The molecular weight excluding hydrogens is 420 g/mol. The van der Waals surface area contributed by atoms with E-state index in [1.807, 2.05) is 12.1 Å². The summed E-state index contributed by atoms with van der Waals surface area (Å²) in [6.45, 7) is 4.19. The van der Waals surface area contributed by atoms with E-state index in [0.29, 0.717) is 11.4 Å². The van der Waals surface area contributed by atoms with E-state index in [0.717, 1.165) is 9.79 Å². The molecule has 0 aliphatic heterocycles. The minimum Gasteiger partial charge on any atom is -0.491 e. The Balaban J connectivity index is 2.32. The van der Waals surface area contributed by atoms with Gasteiger partial charge in [0.25, 0.3) is 0 Å². The van der Waals surface area contributed by atoms with Gasteiger partial charge in [0, 0.05) is 36.2 Å². The number of carbonyl (C=O) groups excluding carboxylic acids is 3. The monoisotopic (exact) mass is 444 g/mol. The summed E-state index contributed by atoms with van der Waals surface area (Å²) in [6.07, 6.45) is 0. The van der Waals surface area contributed by atoms with Gasteiger partial charge in [-0.15, -0.1) is 0 Å². The van der Waals surface area contributed by atoms with Crippen LogP contribution in [0.15, 0.2) is 57.4 Å². The summed E-state index contributed by atoms with van der Waals surface area (Å²) in [5.74, 6) is -0.672. The van der Waals surface area contributed by atoms with Gasteiger partial charge in [0.05, 0.1) is 12.3 Å². The molecule has 31 heavy (non-hydrogen) atoms. The number of nitrogens with zero attached hydrogens (tertiary/aromatic N) is 2. The lowest BCUT2D eigenvalue weighted by atomic mass is 10.0. The first-order valence-electron chi connectivity index (χ1n) is 9.39. The number of hydrogen-bond acceptors (Lipinski definition) is 8. The molecule has 0 saturated carbocycles. The van der Waals surface area contributed by atoms with Gasteiger partial charge >= 0.3 is 5.97 Å². The molecule has 164 valence electrons. The molecule has 2 aromatic rings. The average Bonchev–Trinajstić information content (AvgIpc) is 2.75. The summed E-state index contributed by atoms with van der Waals surface area (Å²) in [5.41, 5.74) is 0.679. The number of hydrogen-bond donors (Lipinski definition) is 1. The molecule has 0 aromatic heterocycles. The number of ketones is 1. The predicted molar refractivity (Wildman–Crippen MR) is 118 cm³/mol. The number of benzene rings is 2. The zero-order valence-corrected chi connectivity index (χ0v) is 18.6. The molecule has 0 aliphatic carbocycles. The first-order valence-corrected chi connectivity index (χ1v) is 10.2. The van der Waals surface area contributed by atoms with Gasteiger partial charge in [-0.3, -0.25) is 9.59 Å². The molecule has 0 atom stereocenters. The molecule has 2 aromatic carbocycles. The molecule has 9 heteroatoms. The van der Waals surface area contributed by atoms with Gasteiger partial charge in [0.2, 0.25) is 11.7 Å². The molecule has 1 amide bonds. The topological polar surface area (TPSA) is 106 Å². The van der Waals surface area contributed by atoms with E-state index < -0.39 is 11.8 Å². The molecule has 0 radical (unpaired) electrons. The Labute approximate surface area is 184 Å². The van der Waals surface area contributed by atoms with E-state index in [1.54, 1.807) is 37.4 Å². The fourth-order valence-corrected chi connectivity index (χ4v) is 3.34. The number of Topliss-reactive ketones (excluding diaryl/α,β-unsaturated/α-hetero) is 1. The zero-order valence-electron chi connectivity index (χ0n) is 17.7. The third kappa shape index (κ3) is 6.94. The third-order valence-electron chi connectivity index (χ3n) is 4.11. The SMILES string of the molecule is CC(=O)ON=C(C)C(=O)c1ccc(Sc2ccc(OCCO)cc2)cc1N(C)C(C)=O.